The van der Waals surface area contributed by atoms with Crippen LogP contribution in [0.1, 0.15) is 12.0 Å². The molecule has 2 rings (SSSR count). The minimum atomic E-state index is -0.771. The van der Waals surface area contributed by atoms with E-state index in [9.17, 15) is 9.59 Å². The number of carbonyl (C=O) groups is 2. The molecular weight excluding hydrogens is 370 g/mol. The second kappa shape index (κ2) is 8.51. The van der Waals surface area contributed by atoms with E-state index < -0.39 is 5.72 Å². The lowest BCUT2D eigenvalue weighted by Gasteiger charge is -2.36. The van der Waals surface area contributed by atoms with E-state index in [1.807, 2.05) is 43.3 Å². The number of ether oxygens (including phenoxy) is 1. The summed E-state index contributed by atoms with van der Waals surface area (Å²) in [6.45, 7) is 0.307. The van der Waals surface area contributed by atoms with Crippen molar-refractivity contribution in [3.63, 3.8) is 0 Å². The summed E-state index contributed by atoms with van der Waals surface area (Å²) in [6.07, 6.45) is 8.94. The molecule has 1 aliphatic rings. The lowest BCUT2D eigenvalue weighted by Crippen LogP contribution is -2.45. The largest absolute Gasteiger partial charge is 0.352 e. The van der Waals surface area contributed by atoms with Crippen molar-refractivity contribution in [2.75, 3.05) is 20.7 Å². The van der Waals surface area contributed by atoms with Crippen LogP contribution in [0.5, 0.6) is 0 Å². The fourth-order valence-corrected chi connectivity index (χ4v) is 2.74. The van der Waals surface area contributed by atoms with Gasteiger partial charge < -0.3 is 9.53 Å². The molecular formula is C19H22BrNO3. The number of aryl methyl sites for hydroxylation is 1. The zero-order valence-electron chi connectivity index (χ0n) is 13.9. The van der Waals surface area contributed by atoms with E-state index in [-0.39, 0.29) is 11.7 Å². The van der Waals surface area contributed by atoms with Gasteiger partial charge in [-0.05, 0) is 68.9 Å². The zero-order valence-corrected chi connectivity index (χ0v) is 15.5. The Labute approximate surface area is 151 Å². The Morgan fingerprint density at radius 1 is 1.21 bits per heavy atom. The molecule has 0 saturated heterocycles. The summed E-state index contributed by atoms with van der Waals surface area (Å²) < 4.78 is 7.04. The van der Waals surface area contributed by atoms with Crippen molar-refractivity contribution in [1.82, 2.24) is 4.90 Å². The van der Waals surface area contributed by atoms with Crippen LogP contribution in [0.3, 0.4) is 0 Å². The highest BCUT2D eigenvalue weighted by Crippen LogP contribution is 2.23. The van der Waals surface area contributed by atoms with Crippen molar-refractivity contribution in [2.45, 2.75) is 18.6 Å². The maximum atomic E-state index is 11.4. The van der Waals surface area contributed by atoms with Gasteiger partial charge in [-0.3, -0.25) is 9.69 Å². The van der Waals surface area contributed by atoms with Crippen LogP contribution in [0.25, 0.3) is 0 Å². The first kappa shape index (κ1) is 18.8. The molecule has 0 spiro atoms. The quantitative estimate of drug-likeness (QED) is 0.504. The molecule has 5 heteroatoms. The molecule has 1 atom stereocenters. The third-order valence-corrected chi connectivity index (χ3v) is 4.64. The summed E-state index contributed by atoms with van der Waals surface area (Å²) >= 11 is 3.41. The lowest BCUT2D eigenvalue weighted by molar-refractivity contribution is -0.120. The second-order valence-corrected chi connectivity index (χ2v) is 7.00. The minimum absolute atomic E-state index is 0.0572. The van der Waals surface area contributed by atoms with Gasteiger partial charge in [0.25, 0.3) is 0 Å². The maximum Gasteiger partial charge on any atom is 0.178 e. The molecule has 1 aromatic carbocycles. The van der Waals surface area contributed by atoms with Crippen molar-refractivity contribution in [1.29, 1.82) is 0 Å². The lowest BCUT2D eigenvalue weighted by atomic mass is 10.0. The van der Waals surface area contributed by atoms with Gasteiger partial charge in [-0.15, -0.1) is 0 Å². The number of halogens is 1. The number of carbonyl (C=O) groups excluding carboxylic acids is 2. The summed E-state index contributed by atoms with van der Waals surface area (Å²) in [5, 5.41) is 0. The number of nitrogens with zero attached hydrogens (tertiary/aromatic N) is 1. The second-order valence-electron chi connectivity index (χ2n) is 6.09. The molecule has 24 heavy (non-hydrogen) atoms. The van der Waals surface area contributed by atoms with Gasteiger partial charge in [-0.25, -0.2) is 0 Å². The Morgan fingerprint density at radius 2 is 1.83 bits per heavy atom. The third-order valence-electron chi connectivity index (χ3n) is 4.11. The fraction of sp³-hybridized carbons (Fsp3) is 0.368. The molecule has 0 N–H and O–H groups in total. The molecule has 0 fully saturated rings. The van der Waals surface area contributed by atoms with Crippen molar-refractivity contribution in [3.8, 4) is 0 Å². The Kier molecular flexibility index (Phi) is 6.66. The van der Waals surface area contributed by atoms with Gasteiger partial charge in [0, 0.05) is 10.4 Å². The van der Waals surface area contributed by atoms with Gasteiger partial charge in [0.05, 0.1) is 6.61 Å². The number of aldehydes is 1. The van der Waals surface area contributed by atoms with E-state index in [4.69, 9.17) is 4.74 Å². The standard InChI is InChI=1S/C19H22BrNO3/c1-21(2)19(11-9-18(23)10-12-19)24-14-16(13-22)4-3-15-5-7-17(20)8-6-15/h5-13,16H,3-4,14H2,1-2H3. The monoisotopic (exact) mass is 391 g/mol. The fourth-order valence-electron chi connectivity index (χ4n) is 2.47. The average molecular weight is 392 g/mol. The average Bonchev–Trinajstić information content (AvgIpc) is 2.58. The van der Waals surface area contributed by atoms with Crippen molar-refractivity contribution in [3.05, 3.63) is 58.6 Å². The molecule has 0 radical (unpaired) electrons. The minimum Gasteiger partial charge on any atom is -0.352 e. The predicted octanol–water partition coefficient (Wildman–Crippen LogP) is 3.17. The number of rotatable bonds is 8. The number of likely N-dealkylation sites (N-methyl/N-ethyl adjacent to an activating group) is 1. The number of benzene rings is 1. The van der Waals surface area contributed by atoms with Crippen LogP contribution >= 0.6 is 15.9 Å². The molecule has 0 saturated carbocycles. The van der Waals surface area contributed by atoms with E-state index in [0.29, 0.717) is 6.61 Å². The van der Waals surface area contributed by atoms with E-state index >= 15 is 0 Å². The summed E-state index contributed by atoms with van der Waals surface area (Å²) in [6, 6.07) is 8.09. The van der Waals surface area contributed by atoms with Crippen LogP contribution in [-0.2, 0) is 20.7 Å². The Bertz CT molecular complexity index is 619. The number of hydrogen-bond acceptors (Lipinski definition) is 4. The molecule has 4 nitrogen and oxygen atoms in total. The van der Waals surface area contributed by atoms with Crippen molar-refractivity contribution < 1.29 is 14.3 Å². The van der Waals surface area contributed by atoms with Crippen LogP contribution in [0.4, 0.5) is 0 Å². The summed E-state index contributed by atoms with van der Waals surface area (Å²) in [5.41, 5.74) is 0.419. The normalized spacial score (nSPS) is 17.2. The molecule has 1 aromatic rings. The summed E-state index contributed by atoms with van der Waals surface area (Å²) in [7, 11) is 3.75. The smallest absolute Gasteiger partial charge is 0.178 e. The Hall–Kier alpha value is -1.56. The van der Waals surface area contributed by atoms with Gasteiger partial charge in [-0.1, -0.05) is 28.1 Å². The van der Waals surface area contributed by atoms with Gasteiger partial charge >= 0.3 is 0 Å². The van der Waals surface area contributed by atoms with Gasteiger partial charge in [0.2, 0.25) is 0 Å². The highest BCUT2D eigenvalue weighted by Gasteiger charge is 2.31. The molecule has 0 heterocycles. The van der Waals surface area contributed by atoms with Crippen LogP contribution in [0.15, 0.2) is 53.0 Å². The van der Waals surface area contributed by atoms with Crippen LogP contribution < -0.4 is 0 Å². The summed E-state index contributed by atoms with van der Waals surface area (Å²) in [5.74, 6) is -0.247. The topological polar surface area (TPSA) is 46.6 Å². The number of ketones is 1. The molecule has 0 aliphatic heterocycles. The molecule has 128 valence electrons. The van der Waals surface area contributed by atoms with Gasteiger partial charge in [-0.2, -0.15) is 0 Å². The highest BCUT2D eigenvalue weighted by molar-refractivity contribution is 9.10. The molecule has 0 bridgehead atoms. The Balaban J connectivity index is 1.93. The maximum absolute atomic E-state index is 11.4. The SMILES string of the molecule is CN(C)C1(OCC(C=O)CCc2ccc(Br)cc2)C=CC(=O)C=C1. The molecule has 1 unspecified atom stereocenters. The molecule has 0 aromatic heterocycles. The van der Waals surface area contributed by atoms with Crippen LogP contribution in [-0.4, -0.2) is 43.4 Å². The first-order valence-electron chi connectivity index (χ1n) is 7.89. The van der Waals surface area contributed by atoms with Crippen molar-refractivity contribution in [2.24, 2.45) is 5.92 Å². The highest BCUT2D eigenvalue weighted by atomic mass is 79.9. The van der Waals surface area contributed by atoms with Crippen LogP contribution in [0.2, 0.25) is 0 Å². The number of allylic oxidation sites excluding steroid dienone is 2. The van der Waals surface area contributed by atoms with Gasteiger partial charge in [0.15, 0.2) is 11.5 Å². The first-order chi connectivity index (χ1) is 11.4. The zero-order chi connectivity index (χ0) is 17.6. The molecule has 1 aliphatic carbocycles. The van der Waals surface area contributed by atoms with E-state index in [2.05, 4.69) is 15.9 Å². The Morgan fingerprint density at radius 3 is 2.38 bits per heavy atom. The van der Waals surface area contributed by atoms with E-state index in [1.165, 1.54) is 17.7 Å². The summed E-state index contributed by atoms with van der Waals surface area (Å²) in [4.78, 5) is 24.6. The van der Waals surface area contributed by atoms with E-state index in [1.54, 1.807) is 12.2 Å². The van der Waals surface area contributed by atoms with E-state index in [0.717, 1.165) is 23.6 Å². The van der Waals surface area contributed by atoms with Crippen LogP contribution in [0, 0.1) is 5.92 Å². The van der Waals surface area contributed by atoms with Gasteiger partial charge in [0.1, 0.15) is 6.29 Å². The third kappa shape index (κ3) is 4.97. The predicted molar refractivity (Wildman–Crippen MR) is 97.7 cm³/mol. The first-order valence-corrected chi connectivity index (χ1v) is 8.68. The van der Waals surface area contributed by atoms with Crippen molar-refractivity contribution >= 4 is 28.0 Å². The molecule has 0 amide bonds. The number of hydrogen-bond donors (Lipinski definition) is 0.